The Bertz CT molecular complexity index is 1200. The van der Waals surface area contributed by atoms with Gasteiger partial charge in [-0.1, -0.05) is 11.6 Å². The van der Waals surface area contributed by atoms with E-state index in [2.05, 4.69) is 0 Å². The molecule has 11 heteroatoms. The molecule has 7 N–H and O–H groups in total. The highest BCUT2D eigenvalue weighted by Crippen LogP contribution is 2.58. The van der Waals surface area contributed by atoms with Crippen molar-refractivity contribution in [2.75, 3.05) is 14.1 Å². The molecule has 1 amide bonds. The predicted molar refractivity (Wildman–Crippen MR) is 115 cm³/mol. The van der Waals surface area contributed by atoms with Crippen molar-refractivity contribution in [2.45, 2.75) is 30.6 Å². The number of phenolic OH excluding ortho intramolecular Hbond substituents is 1. The van der Waals surface area contributed by atoms with E-state index in [0.717, 1.165) is 0 Å². The third kappa shape index (κ3) is 2.75. The number of rotatable bonds is 2. The summed E-state index contributed by atoms with van der Waals surface area (Å²) in [6.45, 7) is 1.34. The lowest BCUT2D eigenvalue weighted by atomic mass is 9.54. The zero-order valence-corrected chi connectivity index (χ0v) is 18.7. The molecule has 3 aliphatic rings. The van der Waals surface area contributed by atoms with Gasteiger partial charge in [0.1, 0.15) is 22.8 Å². The molecule has 1 aromatic carbocycles. The Morgan fingerprint density at radius 3 is 2.33 bits per heavy atom. The van der Waals surface area contributed by atoms with Crippen LogP contribution < -0.4 is 5.73 Å². The lowest BCUT2D eigenvalue weighted by molar-refractivity contribution is -0.159. The van der Waals surface area contributed by atoms with Crippen molar-refractivity contribution >= 4 is 34.8 Å². The number of aliphatic hydroxyl groups is 4. The monoisotopic (exact) mass is 478 g/mol. The van der Waals surface area contributed by atoms with E-state index in [9.17, 15) is 39.9 Å². The van der Waals surface area contributed by atoms with Crippen LogP contribution in [0.3, 0.4) is 0 Å². The molecule has 0 aliphatic heterocycles. The number of likely N-dealkylation sites (N-methyl/N-ethyl adjacent to an activating group) is 1. The fourth-order valence-corrected chi connectivity index (χ4v) is 5.93. The first-order valence-corrected chi connectivity index (χ1v) is 10.5. The van der Waals surface area contributed by atoms with E-state index in [1.807, 2.05) is 0 Å². The van der Waals surface area contributed by atoms with Crippen LogP contribution in [0.5, 0.6) is 5.75 Å². The van der Waals surface area contributed by atoms with Gasteiger partial charge in [-0.25, -0.2) is 0 Å². The van der Waals surface area contributed by atoms with Gasteiger partial charge in [-0.3, -0.25) is 19.3 Å². The maximum atomic E-state index is 13.7. The summed E-state index contributed by atoms with van der Waals surface area (Å²) in [5.74, 6) is -8.30. The van der Waals surface area contributed by atoms with Crippen molar-refractivity contribution in [3.05, 3.63) is 45.2 Å². The number of halogens is 1. The summed E-state index contributed by atoms with van der Waals surface area (Å²) in [4.78, 5) is 40.1. The molecule has 1 aromatic rings. The predicted octanol–water partition coefficient (Wildman–Crippen LogP) is 0.282. The largest absolute Gasteiger partial charge is 0.508 e. The van der Waals surface area contributed by atoms with Gasteiger partial charge in [0.25, 0.3) is 5.91 Å². The fourth-order valence-electron chi connectivity index (χ4n) is 5.58. The molecular formula is C22H23ClN2O8. The Morgan fingerprint density at radius 1 is 1.18 bits per heavy atom. The first kappa shape index (κ1) is 23.2. The molecule has 3 aliphatic carbocycles. The number of aliphatic hydroxyl groups excluding tert-OH is 2. The normalized spacial score (nSPS) is 33.7. The van der Waals surface area contributed by atoms with E-state index >= 15 is 0 Å². The van der Waals surface area contributed by atoms with Crippen molar-refractivity contribution in [1.82, 2.24) is 4.90 Å². The zero-order valence-electron chi connectivity index (χ0n) is 18.0. The standard InChI is InChI=1S/C22H23ClN2O8/c1-21(32)7-6-8-15(25(2)3)17(28)13(20(24)31)19(30)22(8,33)18(29)11(7)16(27)12-10(26)5-4-9(23)14(12)21/h4-5,7-8,15,26-27,30,32-33H,6H2,1-3H3,(H2,24,31)/t7-,8+,15+,21-,22+/m1/s1. The summed E-state index contributed by atoms with van der Waals surface area (Å²) in [5.41, 5.74) is -1.10. The second kappa shape index (κ2) is 7.04. The number of primary amides is 1. The molecule has 1 fully saturated rings. The molecule has 0 saturated heterocycles. The van der Waals surface area contributed by atoms with Crippen molar-refractivity contribution < 1.29 is 39.9 Å². The van der Waals surface area contributed by atoms with Crippen LogP contribution in [0.1, 0.15) is 24.5 Å². The number of ketones is 2. The van der Waals surface area contributed by atoms with Gasteiger partial charge in [0.2, 0.25) is 5.78 Å². The average Bonchev–Trinajstić information content (AvgIpc) is 2.69. The highest BCUT2D eigenvalue weighted by molar-refractivity contribution is 6.32. The third-order valence-electron chi connectivity index (χ3n) is 7.07. The van der Waals surface area contributed by atoms with Crippen molar-refractivity contribution in [3.8, 4) is 5.75 Å². The first-order chi connectivity index (χ1) is 15.2. The SMILES string of the molecule is CN(C)[C@@H]1C(=O)C(C(N)=O)=C(O)[C@@]2(O)C(=O)C3=C(O)c4c(O)ccc(Cl)c4[C@](C)(O)[C@@H]3C[C@@H]12. The summed E-state index contributed by atoms with van der Waals surface area (Å²) in [5, 5.41) is 55.2. The molecule has 0 aromatic heterocycles. The third-order valence-corrected chi connectivity index (χ3v) is 7.39. The Hall–Kier alpha value is -2.92. The van der Waals surface area contributed by atoms with E-state index in [4.69, 9.17) is 17.3 Å². The minimum atomic E-state index is -2.78. The van der Waals surface area contributed by atoms with E-state index in [1.165, 1.54) is 38.1 Å². The molecule has 0 unspecified atom stereocenters. The van der Waals surface area contributed by atoms with E-state index < -0.39 is 75.0 Å². The van der Waals surface area contributed by atoms with Crippen LogP contribution in [-0.2, 0) is 20.0 Å². The van der Waals surface area contributed by atoms with E-state index in [1.54, 1.807) is 0 Å². The van der Waals surface area contributed by atoms with Gasteiger partial charge in [0.05, 0.1) is 17.2 Å². The molecule has 0 bridgehead atoms. The topological polar surface area (TPSA) is 182 Å². The highest BCUT2D eigenvalue weighted by Gasteiger charge is 2.66. The Labute approximate surface area is 193 Å². The number of hydrogen-bond donors (Lipinski definition) is 6. The maximum absolute atomic E-state index is 13.7. The number of Topliss-reactive ketones (excluding diaryl/α,β-unsaturated/α-hetero) is 2. The minimum absolute atomic E-state index is 0.0187. The van der Waals surface area contributed by atoms with E-state index in [0.29, 0.717) is 0 Å². The van der Waals surface area contributed by atoms with Gasteiger partial charge >= 0.3 is 0 Å². The highest BCUT2D eigenvalue weighted by atomic mass is 35.5. The number of amides is 1. The summed E-state index contributed by atoms with van der Waals surface area (Å²) < 4.78 is 0. The summed E-state index contributed by atoms with van der Waals surface area (Å²) >= 11 is 6.28. The molecule has 1 saturated carbocycles. The van der Waals surface area contributed by atoms with Gasteiger partial charge in [-0.05, 0) is 39.6 Å². The smallest absolute Gasteiger partial charge is 0.255 e. The van der Waals surface area contributed by atoms with Gasteiger partial charge < -0.3 is 31.3 Å². The Kier molecular flexibility index (Phi) is 4.96. The van der Waals surface area contributed by atoms with Crippen LogP contribution in [0.15, 0.2) is 29.0 Å². The molecular weight excluding hydrogens is 456 g/mol. The van der Waals surface area contributed by atoms with Crippen LogP contribution in [0.4, 0.5) is 0 Å². The molecule has 10 nitrogen and oxygen atoms in total. The second-order valence-electron chi connectivity index (χ2n) is 9.08. The Morgan fingerprint density at radius 2 is 1.79 bits per heavy atom. The number of carbonyl (C=O) groups excluding carboxylic acids is 3. The van der Waals surface area contributed by atoms with Gasteiger partial charge in [0.15, 0.2) is 11.4 Å². The molecule has 33 heavy (non-hydrogen) atoms. The van der Waals surface area contributed by atoms with Gasteiger partial charge in [-0.15, -0.1) is 0 Å². The van der Waals surface area contributed by atoms with Crippen LogP contribution in [0, 0.1) is 11.8 Å². The number of benzene rings is 1. The Balaban J connectivity index is 2.07. The first-order valence-electron chi connectivity index (χ1n) is 10.1. The van der Waals surface area contributed by atoms with Crippen LogP contribution in [-0.4, -0.2) is 73.6 Å². The maximum Gasteiger partial charge on any atom is 0.255 e. The van der Waals surface area contributed by atoms with Crippen molar-refractivity contribution in [2.24, 2.45) is 17.6 Å². The fraction of sp³-hybridized carbons (Fsp3) is 0.409. The number of hydrogen-bond acceptors (Lipinski definition) is 9. The summed E-state index contributed by atoms with van der Waals surface area (Å²) in [7, 11) is 2.97. The average molecular weight is 479 g/mol. The zero-order chi connectivity index (χ0) is 24.8. The minimum Gasteiger partial charge on any atom is -0.508 e. The molecule has 0 spiro atoms. The van der Waals surface area contributed by atoms with Crippen LogP contribution in [0.2, 0.25) is 5.02 Å². The molecule has 176 valence electrons. The molecule has 0 radical (unpaired) electrons. The van der Waals surface area contributed by atoms with E-state index in [-0.39, 0.29) is 22.6 Å². The van der Waals surface area contributed by atoms with Gasteiger partial charge in [0, 0.05) is 28.0 Å². The number of phenols is 1. The lowest BCUT2D eigenvalue weighted by Crippen LogP contribution is -2.67. The molecule has 5 atom stereocenters. The van der Waals surface area contributed by atoms with Crippen molar-refractivity contribution in [1.29, 1.82) is 0 Å². The summed E-state index contributed by atoms with van der Waals surface area (Å²) in [6.07, 6.45) is -0.259. The van der Waals surface area contributed by atoms with Crippen LogP contribution >= 0.6 is 11.6 Å². The number of fused-ring (bicyclic) bond motifs is 3. The number of nitrogens with two attached hydrogens (primary N) is 1. The number of carbonyl (C=O) groups is 3. The summed E-state index contributed by atoms with van der Waals surface area (Å²) in [6, 6.07) is 1.24. The second-order valence-corrected chi connectivity index (χ2v) is 9.48. The quantitative estimate of drug-likeness (QED) is 0.325. The lowest BCUT2D eigenvalue weighted by Gasteiger charge is -2.53. The van der Waals surface area contributed by atoms with Crippen molar-refractivity contribution in [3.63, 3.8) is 0 Å². The van der Waals surface area contributed by atoms with Gasteiger partial charge in [-0.2, -0.15) is 0 Å². The number of nitrogens with zero attached hydrogens (tertiary/aromatic N) is 1. The van der Waals surface area contributed by atoms with Crippen LogP contribution in [0.25, 0.3) is 5.76 Å². The molecule has 0 heterocycles. The number of aromatic hydroxyl groups is 1. The molecule has 4 rings (SSSR count).